The predicted octanol–water partition coefficient (Wildman–Crippen LogP) is 3.98. The van der Waals surface area contributed by atoms with Crippen LogP contribution < -0.4 is 5.32 Å². The molecule has 0 radical (unpaired) electrons. The van der Waals surface area contributed by atoms with E-state index in [0.717, 1.165) is 11.4 Å². The van der Waals surface area contributed by atoms with Crippen molar-refractivity contribution in [1.82, 2.24) is 10.3 Å². The molecule has 1 heterocycles. The minimum absolute atomic E-state index is 0.0698. The Morgan fingerprint density at radius 2 is 2.20 bits per heavy atom. The third-order valence-electron chi connectivity index (χ3n) is 3.88. The van der Waals surface area contributed by atoms with Crippen LogP contribution in [0.25, 0.3) is 0 Å². The number of allylic oxidation sites excluding steroid dienone is 4. The highest BCUT2D eigenvalue weighted by Crippen LogP contribution is 2.24. The molecule has 5 nitrogen and oxygen atoms in total. The fraction of sp³-hybridized carbons (Fsp3) is 0.526. The van der Waals surface area contributed by atoms with Crippen molar-refractivity contribution in [2.45, 2.75) is 53.0 Å². The number of aliphatic imine (C=N–C) groups is 1. The monoisotopic (exact) mass is 362 g/mol. The van der Waals surface area contributed by atoms with Crippen molar-refractivity contribution in [3.05, 3.63) is 35.7 Å². The van der Waals surface area contributed by atoms with Gasteiger partial charge in [-0.05, 0) is 32.3 Å². The van der Waals surface area contributed by atoms with E-state index < -0.39 is 0 Å². The maximum absolute atomic E-state index is 11.8. The molecule has 0 unspecified atom stereocenters. The summed E-state index contributed by atoms with van der Waals surface area (Å²) in [4.78, 5) is 16.0. The molecule has 0 saturated heterocycles. The first-order chi connectivity index (χ1) is 11.7. The quantitative estimate of drug-likeness (QED) is 0.403. The molecule has 1 aliphatic carbocycles. The van der Waals surface area contributed by atoms with Crippen molar-refractivity contribution in [1.29, 1.82) is 0 Å². The van der Waals surface area contributed by atoms with Gasteiger partial charge in [-0.25, -0.2) is 10.0 Å². The molecule has 1 N–H and O–H groups in total. The molecule has 0 bridgehead atoms. The summed E-state index contributed by atoms with van der Waals surface area (Å²) in [6.45, 7) is 11.9. The zero-order chi connectivity index (χ0) is 18.6. The van der Waals surface area contributed by atoms with E-state index in [9.17, 15) is 4.79 Å². The lowest BCUT2D eigenvalue weighted by Gasteiger charge is -2.26. The number of carbonyl (C=O) groups is 1. The normalized spacial score (nSPS) is 18.9. The zero-order valence-electron chi connectivity index (χ0n) is 15.5. The smallest absolute Gasteiger partial charge is 0.161 e. The van der Waals surface area contributed by atoms with Crippen molar-refractivity contribution in [2.75, 3.05) is 6.67 Å². The third-order valence-corrected chi connectivity index (χ3v) is 4.11. The van der Waals surface area contributed by atoms with E-state index in [1.807, 2.05) is 18.1 Å². The molecule has 1 fully saturated rings. The number of ketones is 1. The van der Waals surface area contributed by atoms with Gasteiger partial charge < -0.3 is 5.32 Å². The fourth-order valence-electron chi connectivity index (χ4n) is 2.44. The summed E-state index contributed by atoms with van der Waals surface area (Å²) in [5, 5.41) is 10.3. The van der Waals surface area contributed by atoms with Crippen molar-refractivity contribution < 1.29 is 4.79 Å². The summed E-state index contributed by atoms with van der Waals surface area (Å²) in [6.07, 6.45) is 8.49. The molecule has 0 aromatic carbocycles. The molecule has 0 amide bonds. The van der Waals surface area contributed by atoms with Gasteiger partial charge in [0.15, 0.2) is 5.78 Å². The third kappa shape index (κ3) is 6.50. The fourth-order valence-corrected chi connectivity index (χ4v) is 2.60. The molecule has 1 saturated carbocycles. The minimum atomic E-state index is -0.283. The Hall–Kier alpha value is -1.88. The number of nitrogens with zero attached hydrogens (tertiary/aromatic N) is 3. The maximum atomic E-state index is 11.8. The standard InChI is InChI=1S/C19H27ClN4O/c1-13(2)16(25)8-14(3)10-19(4,5)11-22-24-12-21-17(20)9-18(24)23-15-6-7-15/h9-11,15,23H,1,6-8,12H2,2-5H3/b14-10-,22-11-. The second-order valence-electron chi connectivity index (χ2n) is 7.41. The van der Waals surface area contributed by atoms with Gasteiger partial charge >= 0.3 is 0 Å². The summed E-state index contributed by atoms with van der Waals surface area (Å²) in [5.41, 5.74) is 1.31. The summed E-state index contributed by atoms with van der Waals surface area (Å²) < 4.78 is 0. The number of Topliss-reactive ketones (excluding diaryl/α,β-unsaturated/α-hetero) is 1. The van der Waals surface area contributed by atoms with Crippen LogP contribution in [-0.4, -0.2) is 34.9 Å². The summed E-state index contributed by atoms with van der Waals surface area (Å²) in [7, 11) is 0. The van der Waals surface area contributed by atoms with E-state index in [-0.39, 0.29) is 11.2 Å². The van der Waals surface area contributed by atoms with Gasteiger partial charge in [0.25, 0.3) is 0 Å². The average Bonchev–Trinajstić information content (AvgIpc) is 3.29. The molecule has 136 valence electrons. The number of nitrogens with one attached hydrogen (secondary N) is 1. The Kier molecular flexibility index (Phi) is 6.22. The van der Waals surface area contributed by atoms with E-state index in [1.165, 1.54) is 12.8 Å². The highest BCUT2D eigenvalue weighted by atomic mass is 35.5. The van der Waals surface area contributed by atoms with Crippen LogP contribution in [0.4, 0.5) is 0 Å². The van der Waals surface area contributed by atoms with Gasteiger partial charge in [-0.1, -0.05) is 43.7 Å². The van der Waals surface area contributed by atoms with Crippen LogP contribution >= 0.6 is 11.6 Å². The first-order valence-electron chi connectivity index (χ1n) is 8.54. The van der Waals surface area contributed by atoms with E-state index in [0.29, 0.717) is 29.9 Å². The van der Waals surface area contributed by atoms with E-state index in [2.05, 4.69) is 41.9 Å². The second kappa shape index (κ2) is 8.00. The highest BCUT2D eigenvalue weighted by molar-refractivity contribution is 6.68. The molecule has 25 heavy (non-hydrogen) atoms. The van der Waals surface area contributed by atoms with Crippen molar-refractivity contribution in [2.24, 2.45) is 15.5 Å². The van der Waals surface area contributed by atoms with Crippen LogP contribution in [0.15, 0.2) is 45.8 Å². The minimum Gasteiger partial charge on any atom is -0.367 e. The molecule has 0 atom stereocenters. The first kappa shape index (κ1) is 19.4. The Bertz CT molecular complexity index is 669. The Labute approximate surface area is 155 Å². The van der Waals surface area contributed by atoms with Gasteiger partial charge in [-0.3, -0.25) is 4.79 Å². The molecule has 0 spiro atoms. The van der Waals surface area contributed by atoms with Crippen LogP contribution in [0.3, 0.4) is 0 Å². The average molecular weight is 363 g/mol. The molecular formula is C19H27ClN4O. The van der Waals surface area contributed by atoms with Gasteiger partial charge in [-0.15, -0.1) is 0 Å². The van der Waals surface area contributed by atoms with Gasteiger partial charge in [0, 0.05) is 30.2 Å². The number of carbonyl (C=O) groups excluding carboxylic acids is 1. The molecule has 0 aromatic heterocycles. The summed E-state index contributed by atoms with van der Waals surface area (Å²) >= 11 is 6.02. The zero-order valence-corrected chi connectivity index (χ0v) is 16.2. The van der Waals surface area contributed by atoms with Gasteiger partial charge in [0.05, 0.1) is 0 Å². The topological polar surface area (TPSA) is 57.1 Å². The maximum Gasteiger partial charge on any atom is 0.161 e. The van der Waals surface area contributed by atoms with E-state index in [1.54, 1.807) is 13.0 Å². The van der Waals surface area contributed by atoms with Gasteiger partial charge in [0.2, 0.25) is 0 Å². The molecule has 2 rings (SSSR count). The molecule has 6 heteroatoms. The number of hydrogen-bond donors (Lipinski definition) is 1. The van der Waals surface area contributed by atoms with Crippen LogP contribution in [0.2, 0.25) is 0 Å². The van der Waals surface area contributed by atoms with Crippen LogP contribution in [0.5, 0.6) is 0 Å². The first-order valence-corrected chi connectivity index (χ1v) is 8.92. The van der Waals surface area contributed by atoms with Gasteiger partial charge in [0.1, 0.15) is 17.7 Å². The van der Waals surface area contributed by atoms with Crippen molar-refractivity contribution in [3.63, 3.8) is 0 Å². The number of halogens is 1. The summed E-state index contributed by atoms with van der Waals surface area (Å²) in [6, 6.07) is 0.509. The van der Waals surface area contributed by atoms with Crippen molar-refractivity contribution in [3.8, 4) is 0 Å². The van der Waals surface area contributed by atoms with Gasteiger partial charge in [-0.2, -0.15) is 5.10 Å². The van der Waals surface area contributed by atoms with E-state index in [4.69, 9.17) is 11.6 Å². The lowest BCUT2D eigenvalue weighted by molar-refractivity contribution is -0.114. The molecule has 1 aliphatic heterocycles. The Morgan fingerprint density at radius 3 is 2.80 bits per heavy atom. The van der Waals surface area contributed by atoms with Crippen LogP contribution in [0.1, 0.15) is 47.0 Å². The number of rotatable bonds is 8. The largest absolute Gasteiger partial charge is 0.367 e. The Morgan fingerprint density at radius 1 is 1.52 bits per heavy atom. The predicted molar refractivity (Wildman–Crippen MR) is 105 cm³/mol. The summed E-state index contributed by atoms with van der Waals surface area (Å²) in [5.74, 6) is 0.952. The van der Waals surface area contributed by atoms with Crippen LogP contribution in [0, 0.1) is 5.41 Å². The Balaban J connectivity index is 2.03. The highest BCUT2D eigenvalue weighted by Gasteiger charge is 2.25. The molecular weight excluding hydrogens is 336 g/mol. The number of hydrazone groups is 1. The lowest BCUT2D eigenvalue weighted by atomic mass is 9.91. The molecule has 2 aliphatic rings. The lowest BCUT2D eigenvalue weighted by Crippen LogP contribution is -2.33. The SMILES string of the molecule is C=C(C)C(=O)C/C(C)=C\C(C)(C)/C=N\N1CN=C(Cl)C=C1NC1CC1. The van der Waals surface area contributed by atoms with Crippen molar-refractivity contribution >= 4 is 28.8 Å². The van der Waals surface area contributed by atoms with Crippen LogP contribution in [-0.2, 0) is 4.79 Å². The second-order valence-corrected chi connectivity index (χ2v) is 7.79. The van der Waals surface area contributed by atoms with E-state index >= 15 is 0 Å². The molecule has 0 aromatic rings. The number of hydrogen-bond acceptors (Lipinski definition) is 5.